The molecule has 0 radical (unpaired) electrons. The van der Waals surface area contributed by atoms with Crippen molar-refractivity contribution in [2.24, 2.45) is 0 Å². The third-order valence-electron chi connectivity index (χ3n) is 1.96. The molecule has 4 heteroatoms. The number of hydrogen-bond donors (Lipinski definition) is 1. The lowest BCUT2D eigenvalue weighted by Crippen LogP contribution is -2.06. The van der Waals surface area contributed by atoms with Gasteiger partial charge in [0.1, 0.15) is 11.6 Å². The first-order chi connectivity index (χ1) is 6.72. The highest BCUT2D eigenvalue weighted by molar-refractivity contribution is 6.31. The van der Waals surface area contributed by atoms with Crippen molar-refractivity contribution < 1.29 is 0 Å². The Hall–Kier alpha value is -1.79. The Balaban J connectivity index is 2.96. The van der Waals surface area contributed by atoms with E-state index >= 15 is 0 Å². The number of halogens is 1. The Morgan fingerprint density at radius 3 is 2.93 bits per heavy atom. The van der Waals surface area contributed by atoms with E-state index in [0.29, 0.717) is 15.9 Å². The maximum absolute atomic E-state index is 11.6. The molecule has 2 rings (SSSR count). The molecular formula is C10H5ClN2O. The highest BCUT2D eigenvalue weighted by atomic mass is 35.5. The summed E-state index contributed by atoms with van der Waals surface area (Å²) < 4.78 is 0. The summed E-state index contributed by atoms with van der Waals surface area (Å²) in [5.41, 5.74) is 0.488. The highest BCUT2D eigenvalue weighted by Crippen LogP contribution is 2.14. The van der Waals surface area contributed by atoms with Crippen LogP contribution in [0.4, 0.5) is 0 Å². The van der Waals surface area contributed by atoms with E-state index in [9.17, 15) is 4.79 Å². The predicted octanol–water partition coefficient (Wildman–Crippen LogP) is 2.05. The zero-order valence-corrected chi connectivity index (χ0v) is 7.80. The van der Waals surface area contributed by atoms with E-state index in [1.54, 1.807) is 18.2 Å². The molecule has 0 spiro atoms. The molecule has 0 saturated carbocycles. The smallest absolute Gasteiger partial charge is 0.207 e. The van der Waals surface area contributed by atoms with Gasteiger partial charge in [0.2, 0.25) is 5.43 Å². The SMILES string of the molecule is N#Cc1c[nH]c2ccc(Cl)cc2c1=O. The Labute approximate surface area is 84.6 Å². The van der Waals surface area contributed by atoms with Crippen LogP contribution >= 0.6 is 11.6 Å². The minimum atomic E-state index is -0.288. The molecule has 0 bridgehead atoms. The monoisotopic (exact) mass is 204 g/mol. The van der Waals surface area contributed by atoms with Crippen molar-refractivity contribution in [1.82, 2.24) is 4.98 Å². The van der Waals surface area contributed by atoms with Crippen LogP contribution in [0.25, 0.3) is 10.9 Å². The number of nitrogens with zero attached hydrogens (tertiary/aromatic N) is 1. The number of pyridine rings is 1. The largest absolute Gasteiger partial charge is 0.360 e. The van der Waals surface area contributed by atoms with Crippen molar-refractivity contribution >= 4 is 22.5 Å². The molecule has 0 aliphatic heterocycles. The Morgan fingerprint density at radius 2 is 2.21 bits per heavy atom. The van der Waals surface area contributed by atoms with Gasteiger partial charge in [-0.05, 0) is 18.2 Å². The van der Waals surface area contributed by atoms with Crippen molar-refractivity contribution in [2.45, 2.75) is 0 Å². The first kappa shape index (κ1) is 8.79. The number of rotatable bonds is 0. The van der Waals surface area contributed by atoms with Crippen LogP contribution in [0, 0.1) is 11.3 Å². The summed E-state index contributed by atoms with van der Waals surface area (Å²) in [4.78, 5) is 14.5. The van der Waals surface area contributed by atoms with E-state index in [1.807, 2.05) is 6.07 Å². The van der Waals surface area contributed by atoms with Crippen molar-refractivity contribution in [3.8, 4) is 6.07 Å². The van der Waals surface area contributed by atoms with Gasteiger partial charge in [-0.25, -0.2) is 0 Å². The molecule has 1 heterocycles. The van der Waals surface area contributed by atoms with Gasteiger partial charge >= 0.3 is 0 Å². The molecule has 0 atom stereocenters. The Bertz CT molecular complexity index is 595. The van der Waals surface area contributed by atoms with Crippen LogP contribution in [0.1, 0.15) is 5.56 Å². The molecule has 68 valence electrons. The number of H-pyrrole nitrogens is 1. The van der Waals surface area contributed by atoms with Gasteiger partial charge in [-0.3, -0.25) is 4.79 Å². The minimum Gasteiger partial charge on any atom is -0.360 e. The third kappa shape index (κ3) is 1.26. The Morgan fingerprint density at radius 1 is 1.43 bits per heavy atom. The fourth-order valence-electron chi connectivity index (χ4n) is 1.27. The summed E-state index contributed by atoms with van der Waals surface area (Å²) >= 11 is 5.75. The predicted molar refractivity (Wildman–Crippen MR) is 54.3 cm³/mol. The molecule has 1 N–H and O–H groups in total. The molecule has 3 nitrogen and oxygen atoms in total. The first-order valence-corrected chi connectivity index (χ1v) is 4.31. The molecule has 1 aromatic heterocycles. The van der Waals surface area contributed by atoms with E-state index < -0.39 is 0 Å². The van der Waals surface area contributed by atoms with E-state index in [0.717, 1.165) is 0 Å². The van der Waals surface area contributed by atoms with Crippen LogP contribution in [0.15, 0.2) is 29.2 Å². The lowest BCUT2D eigenvalue weighted by Gasteiger charge is -1.97. The number of aromatic nitrogens is 1. The number of fused-ring (bicyclic) bond motifs is 1. The van der Waals surface area contributed by atoms with Crippen LogP contribution in [0.3, 0.4) is 0 Å². The number of nitrogens with one attached hydrogen (secondary N) is 1. The summed E-state index contributed by atoms with van der Waals surface area (Å²) in [6, 6.07) is 6.77. The second kappa shape index (κ2) is 3.17. The first-order valence-electron chi connectivity index (χ1n) is 3.93. The zero-order chi connectivity index (χ0) is 10.1. The summed E-state index contributed by atoms with van der Waals surface area (Å²) in [5.74, 6) is 0. The third-order valence-corrected chi connectivity index (χ3v) is 2.20. The van der Waals surface area contributed by atoms with Gasteiger partial charge in [0.05, 0.1) is 0 Å². The van der Waals surface area contributed by atoms with Gasteiger partial charge in [0, 0.05) is 22.1 Å². The molecular weight excluding hydrogens is 200 g/mol. The van der Waals surface area contributed by atoms with Gasteiger partial charge in [-0.15, -0.1) is 0 Å². The molecule has 0 aliphatic carbocycles. The molecule has 2 aromatic rings. The van der Waals surface area contributed by atoms with Crippen molar-refractivity contribution in [1.29, 1.82) is 5.26 Å². The zero-order valence-electron chi connectivity index (χ0n) is 7.04. The average molecular weight is 205 g/mol. The van der Waals surface area contributed by atoms with Crippen molar-refractivity contribution in [3.63, 3.8) is 0 Å². The van der Waals surface area contributed by atoms with E-state index in [4.69, 9.17) is 16.9 Å². The van der Waals surface area contributed by atoms with Crippen LogP contribution in [-0.2, 0) is 0 Å². The average Bonchev–Trinajstić information content (AvgIpc) is 2.20. The van der Waals surface area contributed by atoms with Crippen LogP contribution in [0.2, 0.25) is 5.02 Å². The fraction of sp³-hybridized carbons (Fsp3) is 0. The maximum Gasteiger partial charge on any atom is 0.207 e. The minimum absolute atomic E-state index is 0.0970. The maximum atomic E-state index is 11.6. The van der Waals surface area contributed by atoms with Gasteiger partial charge in [0.25, 0.3) is 0 Å². The highest BCUT2D eigenvalue weighted by Gasteiger charge is 2.04. The summed E-state index contributed by atoms with van der Waals surface area (Å²) in [7, 11) is 0. The van der Waals surface area contributed by atoms with Crippen molar-refractivity contribution in [3.05, 3.63) is 45.2 Å². The normalized spacial score (nSPS) is 10.0. The topological polar surface area (TPSA) is 56.6 Å². The van der Waals surface area contributed by atoms with Gasteiger partial charge in [-0.2, -0.15) is 5.26 Å². The Kier molecular flexibility index (Phi) is 1.99. The standard InChI is InChI=1S/C10H5ClN2O/c11-7-1-2-9-8(3-7)10(14)6(4-12)5-13-9/h1-3,5H,(H,13,14). The van der Waals surface area contributed by atoms with E-state index in [1.165, 1.54) is 6.20 Å². The van der Waals surface area contributed by atoms with Crippen LogP contribution in [-0.4, -0.2) is 4.98 Å². The second-order valence-corrected chi connectivity index (χ2v) is 3.27. The number of aromatic amines is 1. The van der Waals surface area contributed by atoms with Crippen molar-refractivity contribution in [2.75, 3.05) is 0 Å². The van der Waals surface area contributed by atoms with Gasteiger partial charge in [0.15, 0.2) is 0 Å². The van der Waals surface area contributed by atoms with Crippen LogP contribution < -0.4 is 5.43 Å². The molecule has 0 saturated heterocycles. The number of nitriles is 1. The number of benzene rings is 1. The van der Waals surface area contributed by atoms with Crippen LogP contribution in [0.5, 0.6) is 0 Å². The fourth-order valence-corrected chi connectivity index (χ4v) is 1.45. The van der Waals surface area contributed by atoms with Gasteiger partial charge in [-0.1, -0.05) is 11.6 Å². The quantitative estimate of drug-likeness (QED) is 0.714. The number of hydrogen-bond acceptors (Lipinski definition) is 2. The summed E-state index contributed by atoms with van der Waals surface area (Å²) in [6.45, 7) is 0. The van der Waals surface area contributed by atoms with Gasteiger partial charge < -0.3 is 4.98 Å². The molecule has 0 unspecified atom stereocenters. The van der Waals surface area contributed by atoms with E-state index in [2.05, 4.69) is 4.98 Å². The molecule has 1 aromatic carbocycles. The molecule has 14 heavy (non-hydrogen) atoms. The molecule has 0 amide bonds. The summed E-state index contributed by atoms with van der Waals surface area (Å²) in [5, 5.41) is 9.57. The summed E-state index contributed by atoms with van der Waals surface area (Å²) in [6.07, 6.45) is 1.40. The lowest BCUT2D eigenvalue weighted by molar-refractivity contribution is 1.34. The van der Waals surface area contributed by atoms with E-state index in [-0.39, 0.29) is 11.0 Å². The lowest BCUT2D eigenvalue weighted by atomic mass is 10.1. The second-order valence-electron chi connectivity index (χ2n) is 2.83. The molecule has 0 aliphatic rings. The molecule has 0 fully saturated rings.